The summed E-state index contributed by atoms with van der Waals surface area (Å²) in [5, 5.41) is 0. The van der Waals surface area contributed by atoms with Gasteiger partial charge < -0.3 is 14.5 Å². The van der Waals surface area contributed by atoms with Crippen LogP contribution >= 0.6 is 0 Å². The summed E-state index contributed by atoms with van der Waals surface area (Å²) in [5.74, 6) is -1.55. The number of benzene rings is 1. The van der Waals surface area contributed by atoms with Crippen molar-refractivity contribution in [2.45, 2.75) is 33.8 Å². The van der Waals surface area contributed by atoms with Gasteiger partial charge in [-0.1, -0.05) is 24.3 Å². The Labute approximate surface area is 158 Å². The zero-order valence-corrected chi connectivity index (χ0v) is 16.1. The predicted octanol–water partition coefficient (Wildman–Crippen LogP) is 3.55. The topological polar surface area (TPSA) is 85.5 Å². The highest BCUT2D eigenvalue weighted by atomic mass is 16.5. The molecule has 2 aromatic rings. The van der Waals surface area contributed by atoms with Gasteiger partial charge in [0, 0.05) is 11.8 Å². The molecular weight excluding hydrogens is 346 g/mol. The summed E-state index contributed by atoms with van der Waals surface area (Å²) >= 11 is 0. The van der Waals surface area contributed by atoms with Crippen molar-refractivity contribution >= 4 is 23.8 Å². The number of aromatic amines is 1. The average Bonchev–Trinajstić information content (AvgIpc) is 2.94. The van der Waals surface area contributed by atoms with Crippen LogP contribution in [-0.4, -0.2) is 35.9 Å². The summed E-state index contributed by atoms with van der Waals surface area (Å²) in [7, 11) is 1.28. The van der Waals surface area contributed by atoms with Crippen molar-refractivity contribution in [2.24, 2.45) is 0 Å². The molecule has 6 nitrogen and oxygen atoms in total. The van der Waals surface area contributed by atoms with Crippen LogP contribution in [0.25, 0.3) is 6.08 Å². The van der Waals surface area contributed by atoms with Gasteiger partial charge in [0.15, 0.2) is 6.10 Å². The Balaban J connectivity index is 2.11. The molecule has 6 heteroatoms. The van der Waals surface area contributed by atoms with Crippen molar-refractivity contribution in [1.29, 1.82) is 0 Å². The lowest BCUT2D eigenvalue weighted by atomic mass is 10.1. The molecule has 0 aliphatic heterocycles. The molecule has 1 heterocycles. The van der Waals surface area contributed by atoms with E-state index in [0.29, 0.717) is 16.8 Å². The maximum Gasteiger partial charge on any atom is 0.339 e. The molecular formula is C21H23NO5. The molecule has 142 valence electrons. The lowest BCUT2D eigenvalue weighted by molar-refractivity contribution is -0.140. The Morgan fingerprint density at radius 2 is 1.78 bits per heavy atom. The van der Waals surface area contributed by atoms with E-state index < -0.39 is 23.8 Å². The number of hydrogen-bond donors (Lipinski definition) is 1. The Kier molecular flexibility index (Phi) is 6.34. The van der Waals surface area contributed by atoms with Gasteiger partial charge in [0.25, 0.3) is 0 Å². The van der Waals surface area contributed by atoms with Gasteiger partial charge in [-0.05, 0) is 50.5 Å². The third-order valence-electron chi connectivity index (χ3n) is 4.32. The number of carbonyl (C=O) groups is 3. The van der Waals surface area contributed by atoms with Gasteiger partial charge >= 0.3 is 11.9 Å². The number of methoxy groups -OCH3 is 1. The smallest absolute Gasteiger partial charge is 0.339 e. The quantitative estimate of drug-likeness (QED) is 0.478. The van der Waals surface area contributed by atoms with Gasteiger partial charge in [-0.2, -0.15) is 0 Å². The van der Waals surface area contributed by atoms with E-state index in [9.17, 15) is 14.4 Å². The molecule has 1 aromatic heterocycles. The zero-order chi connectivity index (χ0) is 20.1. The number of rotatable bonds is 6. The number of carbonyl (C=O) groups excluding carboxylic acids is 3. The fourth-order valence-electron chi connectivity index (χ4n) is 2.81. The Bertz CT molecular complexity index is 907. The molecule has 0 spiro atoms. The maximum absolute atomic E-state index is 12.6. The first-order chi connectivity index (χ1) is 12.8. The van der Waals surface area contributed by atoms with E-state index in [1.807, 2.05) is 31.2 Å². The predicted molar refractivity (Wildman–Crippen MR) is 102 cm³/mol. The molecule has 1 aromatic carbocycles. The first-order valence-corrected chi connectivity index (χ1v) is 8.52. The number of Topliss-reactive ketones (excluding diaryl/α,β-unsaturated/α-hetero) is 1. The summed E-state index contributed by atoms with van der Waals surface area (Å²) in [4.78, 5) is 39.4. The molecule has 0 saturated heterocycles. The maximum atomic E-state index is 12.6. The Morgan fingerprint density at radius 3 is 2.41 bits per heavy atom. The molecule has 0 radical (unpaired) electrons. The van der Waals surface area contributed by atoms with Crippen molar-refractivity contribution in [1.82, 2.24) is 4.98 Å². The average molecular weight is 369 g/mol. The number of ketones is 1. The normalized spacial score (nSPS) is 12.0. The van der Waals surface area contributed by atoms with E-state index in [1.54, 1.807) is 19.9 Å². The minimum Gasteiger partial charge on any atom is -0.465 e. The number of esters is 2. The van der Waals surface area contributed by atoms with Gasteiger partial charge in [-0.3, -0.25) is 4.79 Å². The standard InChI is InChI=1S/C21H23NO5/c1-12-8-6-7-9-16(12)10-11-17(23)27-15(4)20(24)19-13(2)18(14(3)22-19)21(25)26-5/h6-11,15,22H,1-5H3/b11-10+/t15-/m0/s1. The summed E-state index contributed by atoms with van der Waals surface area (Å²) in [5.41, 5.74) is 3.48. The minimum absolute atomic E-state index is 0.232. The molecule has 1 N–H and O–H groups in total. The molecule has 0 saturated carbocycles. The highest BCUT2D eigenvalue weighted by molar-refractivity contribution is 6.04. The van der Waals surface area contributed by atoms with Crippen LogP contribution in [-0.2, 0) is 14.3 Å². The number of nitrogens with one attached hydrogen (secondary N) is 1. The van der Waals surface area contributed by atoms with Crippen LogP contribution in [0.1, 0.15) is 50.2 Å². The second-order valence-corrected chi connectivity index (χ2v) is 6.25. The van der Waals surface area contributed by atoms with Gasteiger partial charge in [-0.15, -0.1) is 0 Å². The van der Waals surface area contributed by atoms with Crippen LogP contribution in [0.5, 0.6) is 0 Å². The molecule has 0 bridgehead atoms. The van der Waals surface area contributed by atoms with Crippen molar-refractivity contribution in [3.8, 4) is 0 Å². The van der Waals surface area contributed by atoms with Gasteiger partial charge in [0.1, 0.15) is 0 Å². The lowest BCUT2D eigenvalue weighted by Gasteiger charge is -2.10. The van der Waals surface area contributed by atoms with E-state index >= 15 is 0 Å². The van der Waals surface area contributed by atoms with Crippen LogP contribution in [0.4, 0.5) is 0 Å². The Hall–Kier alpha value is -3.15. The summed E-state index contributed by atoms with van der Waals surface area (Å²) in [6.45, 7) is 6.76. The summed E-state index contributed by atoms with van der Waals surface area (Å²) in [6, 6.07) is 7.61. The van der Waals surface area contributed by atoms with Crippen molar-refractivity contribution in [2.75, 3.05) is 7.11 Å². The second-order valence-electron chi connectivity index (χ2n) is 6.25. The van der Waals surface area contributed by atoms with E-state index in [0.717, 1.165) is 11.1 Å². The fraction of sp³-hybridized carbons (Fsp3) is 0.286. The van der Waals surface area contributed by atoms with Crippen LogP contribution in [0.3, 0.4) is 0 Å². The minimum atomic E-state index is -0.999. The molecule has 0 amide bonds. The largest absolute Gasteiger partial charge is 0.465 e. The van der Waals surface area contributed by atoms with Crippen LogP contribution in [0, 0.1) is 20.8 Å². The monoisotopic (exact) mass is 369 g/mol. The molecule has 0 fully saturated rings. The second kappa shape index (κ2) is 8.49. The first-order valence-electron chi connectivity index (χ1n) is 8.52. The molecule has 0 aliphatic rings. The van der Waals surface area contributed by atoms with Gasteiger partial charge in [0.2, 0.25) is 5.78 Å². The van der Waals surface area contributed by atoms with Crippen LogP contribution in [0.2, 0.25) is 0 Å². The fourth-order valence-corrected chi connectivity index (χ4v) is 2.81. The highest BCUT2D eigenvalue weighted by Gasteiger charge is 2.26. The van der Waals surface area contributed by atoms with E-state index in [4.69, 9.17) is 9.47 Å². The highest BCUT2D eigenvalue weighted by Crippen LogP contribution is 2.21. The zero-order valence-electron chi connectivity index (χ0n) is 16.1. The van der Waals surface area contributed by atoms with Crippen LogP contribution in [0.15, 0.2) is 30.3 Å². The van der Waals surface area contributed by atoms with Crippen molar-refractivity contribution in [3.05, 3.63) is 64.0 Å². The third-order valence-corrected chi connectivity index (χ3v) is 4.32. The first kappa shape index (κ1) is 20.2. The molecule has 2 rings (SSSR count). The van der Waals surface area contributed by atoms with Crippen molar-refractivity contribution < 1.29 is 23.9 Å². The molecule has 27 heavy (non-hydrogen) atoms. The molecule has 0 aliphatic carbocycles. The van der Waals surface area contributed by atoms with Crippen LogP contribution < -0.4 is 0 Å². The molecule has 1 atom stereocenters. The summed E-state index contributed by atoms with van der Waals surface area (Å²) < 4.78 is 9.94. The number of hydrogen-bond acceptors (Lipinski definition) is 5. The Morgan fingerprint density at radius 1 is 1.11 bits per heavy atom. The number of aryl methyl sites for hydroxylation is 2. The van der Waals surface area contributed by atoms with E-state index in [2.05, 4.69) is 4.98 Å². The SMILES string of the molecule is COC(=O)c1c(C)[nH]c(C(=O)[C@H](C)OC(=O)/C=C/c2ccccc2C)c1C. The number of H-pyrrole nitrogens is 1. The van der Waals surface area contributed by atoms with Gasteiger partial charge in [-0.25, -0.2) is 9.59 Å². The third kappa shape index (κ3) is 4.53. The van der Waals surface area contributed by atoms with Gasteiger partial charge in [0.05, 0.1) is 18.4 Å². The summed E-state index contributed by atoms with van der Waals surface area (Å²) in [6.07, 6.45) is 1.94. The lowest BCUT2D eigenvalue weighted by Crippen LogP contribution is -2.24. The van der Waals surface area contributed by atoms with E-state index in [-0.39, 0.29) is 5.69 Å². The van der Waals surface area contributed by atoms with E-state index in [1.165, 1.54) is 20.1 Å². The number of ether oxygens (including phenoxy) is 2. The van der Waals surface area contributed by atoms with Crippen molar-refractivity contribution in [3.63, 3.8) is 0 Å². The number of aromatic nitrogens is 1. The molecule has 0 unspecified atom stereocenters.